The third-order valence-corrected chi connectivity index (χ3v) is 2.62. The van der Waals surface area contributed by atoms with Crippen molar-refractivity contribution in [2.75, 3.05) is 13.7 Å². The van der Waals surface area contributed by atoms with Crippen LogP contribution in [-0.4, -0.2) is 24.8 Å². The summed E-state index contributed by atoms with van der Waals surface area (Å²) in [5, 5.41) is 10.5. The van der Waals surface area contributed by atoms with E-state index in [4.69, 9.17) is 9.47 Å². The number of ether oxygens (including phenoxy) is 2. The predicted octanol–water partition coefficient (Wildman–Crippen LogP) is 2.02. The number of rotatable bonds is 6. The van der Waals surface area contributed by atoms with Crippen LogP contribution in [0.25, 0.3) is 0 Å². The Hall–Kier alpha value is -1.81. The Bertz CT molecular complexity index is 410. The normalized spacial score (nSPS) is 13.5. The zero-order valence-corrected chi connectivity index (χ0v) is 10.7. The van der Waals surface area contributed by atoms with Gasteiger partial charge in [-0.15, -0.1) is 6.58 Å². The van der Waals surface area contributed by atoms with Crippen molar-refractivity contribution >= 4 is 5.97 Å². The second-order valence-electron chi connectivity index (χ2n) is 4.03. The molecular formula is C14H18O4. The van der Waals surface area contributed by atoms with Gasteiger partial charge in [-0.1, -0.05) is 18.2 Å². The standard InChI is InChI=1S/C14H18O4/c1-4-9-14(16,10-18-11(2)15)12-5-7-13(17-3)8-6-12/h4-8,16H,1,9-10H2,2-3H3/t14-/m0/s1. The number of esters is 1. The highest BCUT2D eigenvalue weighted by atomic mass is 16.5. The van der Waals surface area contributed by atoms with Crippen LogP contribution in [0.2, 0.25) is 0 Å². The number of hydrogen-bond acceptors (Lipinski definition) is 4. The van der Waals surface area contributed by atoms with E-state index in [9.17, 15) is 9.90 Å². The molecule has 0 fully saturated rings. The molecule has 0 saturated carbocycles. The number of aliphatic hydroxyl groups is 1. The first-order valence-corrected chi connectivity index (χ1v) is 5.63. The molecule has 1 rings (SSSR count). The number of benzene rings is 1. The van der Waals surface area contributed by atoms with Gasteiger partial charge in [0.25, 0.3) is 0 Å². The highest BCUT2D eigenvalue weighted by molar-refractivity contribution is 5.66. The van der Waals surface area contributed by atoms with E-state index < -0.39 is 11.6 Å². The minimum atomic E-state index is -1.25. The number of carbonyl (C=O) groups excluding carboxylic acids is 1. The van der Waals surface area contributed by atoms with Crippen LogP contribution in [0.3, 0.4) is 0 Å². The fraction of sp³-hybridized carbons (Fsp3) is 0.357. The Kier molecular flexibility index (Phi) is 4.92. The average molecular weight is 250 g/mol. The monoisotopic (exact) mass is 250 g/mol. The molecule has 98 valence electrons. The smallest absolute Gasteiger partial charge is 0.302 e. The minimum absolute atomic E-state index is 0.0965. The first-order chi connectivity index (χ1) is 8.51. The third kappa shape index (κ3) is 3.60. The van der Waals surface area contributed by atoms with Crippen LogP contribution in [0.1, 0.15) is 18.9 Å². The van der Waals surface area contributed by atoms with E-state index >= 15 is 0 Å². The summed E-state index contributed by atoms with van der Waals surface area (Å²) in [5.74, 6) is 0.276. The van der Waals surface area contributed by atoms with Crippen LogP contribution < -0.4 is 4.74 Å². The Labute approximate surface area is 107 Å². The van der Waals surface area contributed by atoms with Crippen molar-refractivity contribution in [2.45, 2.75) is 18.9 Å². The lowest BCUT2D eigenvalue weighted by molar-refractivity contribution is -0.149. The first kappa shape index (κ1) is 14.3. The molecule has 0 amide bonds. The lowest BCUT2D eigenvalue weighted by Gasteiger charge is -2.27. The van der Waals surface area contributed by atoms with Gasteiger partial charge in [0.05, 0.1) is 7.11 Å². The summed E-state index contributed by atoms with van der Waals surface area (Å²) in [4.78, 5) is 10.8. The van der Waals surface area contributed by atoms with Crippen molar-refractivity contribution in [3.8, 4) is 5.75 Å². The van der Waals surface area contributed by atoms with Gasteiger partial charge in [-0.3, -0.25) is 4.79 Å². The van der Waals surface area contributed by atoms with Gasteiger partial charge in [0.2, 0.25) is 0 Å². The minimum Gasteiger partial charge on any atom is -0.497 e. The quantitative estimate of drug-likeness (QED) is 0.620. The number of methoxy groups -OCH3 is 1. The van der Waals surface area contributed by atoms with Crippen LogP contribution >= 0.6 is 0 Å². The molecule has 0 radical (unpaired) electrons. The molecule has 0 heterocycles. The van der Waals surface area contributed by atoms with Crippen molar-refractivity contribution in [3.63, 3.8) is 0 Å². The van der Waals surface area contributed by atoms with E-state index in [1.165, 1.54) is 6.92 Å². The Morgan fingerprint density at radius 3 is 2.50 bits per heavy atom. The molecule has 18 heavy (non-hydrogen) atoms. The molecule has 0 aliphatic rings. The van der Waals surface area contributed by atoms with E-state index in [1.807, 2.05) is 0 Å². The maximum atomic E-state index is 10.8. The molecule has 1 aromatic carbocycles. The molecule has 0 aliphatic carbocycles. The van der Waals surface area contributed by atoms with E-state index in [-0.39, 0.29) is 6.61 Å². The van der Waals surface area contributed by atoms with E-state index in [1.54, 1.807) is 37.5 Å². The molecule has 1 atom stereocenters. The average Bonchev–Trinajstić information content (AvgIpc) is 2.37. The second-order valence-corrected chi connectivity index (χ2v) is 4.03. The maximum Gasteiger partial charge on any atom is 0.302 e. The van der Waals surface area contributed by atoms with Gasteiger partial charge in [-0.25, -0.2) is 0 Å². The van der Waals surface area contributed by atoms with Crippen LogP contribution in [0.4, 0.5) is 0 Å². The number of hydrogen-bond donors (Lipinski definition) is 1. The lowest BCUT2D eigenvalue weighted by Crippen LogP contribution is -2.32. The van der Waals surface area contributed by atoms with Gasteiger partial charge in [0, 0.05) is 13.3 Å². The van der Waals surface area contributed by atoms with Crippen molar-refractivity contribution in [2.24, 2.45) is 0 Å². The van der Waals surface area contributed by atoms with Gasteiger partial charge in [-0.2, -0.15) is 0 Å². The Morgan fingerprint density at radius 2 is 2.06 bits per heavy atom. The second kappa shape index (κ2) is 6.21. The molecular weight excluding hydrogens is 232 g/mol. The summed E-state index contributed by atoms with van der Waals surface area (Å²) < 4.78 is 9.96. The van der Waals surface area contributed by atoms with Crippen molar-refractivity contribution in [1.29, 1.82) is 0 Å². The van der Waals surface area contributed by atoms with Crippen LogP contribution in [-0.2, 0) is 15.1 Å². The van der Waals surface area contributed by atoms with Gasteiger partial charge in [-0.05, 0) is 17.7 Å². The topological polar surface area (TPSA) is 55.8 Å². The van der Waals surface area contributed by atoms with Gasteiger partial charge >= 0.3 is 5.97 Å². The molecule has 1 N–H and O–H groups in total. The molecule has 4 nitrogen and oxygen atoms in total. The van der Waals surface area contributed by atoms with Crippen LogP contribution in [0.5, 0.6) is 5.75 Å². The molecule has 0 bridgehead atoms. The predicted molar refractivity (Wildman–Crippen MR) is 68.3 cm³/mol. The summed E-state index contributed by atoms with van der Waals surface area (Å²) in [6.07, 6.45) is 1.89. The molecule has 0 aromatic heterocycles. The summed E-state index contributed by atoms with van der Waals surface area (Å²) >= 11 is 0. The van der Waals surface area contributed by atoms with Gasteiger partial charge < -0.3 is 14.6 Å². The van der Waals surface area contributed by atoms with Crippen LogP contribution in [0.15, 0.2) is 36.9 Å². The molecule has 0 aliphatic heterocycles. The molecule has 4 heteroatoms. The lowest BCUT2D eigenvalue weighted by atomic mass is 9.91. The summed E-state index contributed by atoms with van der Waals surface area (Å²) in [6, 6.07) is 6.98. The highest BCUT2D eigenvalue weighted by Crippen LogP contribution is 2.27. The maximum absolute atomic E-state index is 10.8. The van der Waals surface area contributed by atoms with Crippen molar-refractivity contribution in [1.82, 2.24) is 0 Å². The fourth-order valence-corrected chi connectivity index (χ4v) is 1.62. The zero-order valence-electron chi connectivity index (χ0n) is 10.7. The van der Waals surface area contributed by atoms with Gasteiger partial charge in [0.15, 0.2) is 0 Å². The van der Waals surface area contributed by atoms with Crippen LogP contribution in [0, 0.1) is 0 Å². The van der Waals surface area contributed by atoms with Crippen molar-refractivity contribution < 1.29 is 19.4 Å². The SMILES string of the molecule is C=CC[C@](O)(COC(C)=O)c1ccc(OC)cc1. The largest absolute Gasteiger partial charge is 0.497 e. The fourth-order valence-electron chi connectivity index (χ4n) is 1.62. The summed E-state index contributed by atoms with van der Waals surface area (Å²) in [7, 11) is 1.57. The van der Waals surface area contributed by atoms with Gasteiger partial charge in [0.1, 0.15) is 18.0 Å². The summed E-state index contributed by atoms with van der Waals surface area (Å²) in [6.45, 7) is 4.82. The first-order valence-electron chi connectivity index (χ1n) is 5.63. The van der Waals surface area contributed by atoms with E-state index in [2.05, 4.69) is 6.58 Å². The number of carbonyl (C=O) groups is 1. The van der Waals surface area contributed by atoms with Crippen molar-refractivity contribution in [3.05, 3.63) is 42.5 Å². The molecule has 0 saturated heterocycles. The Morgan fingerprint density at radius 1 is 1.44 bits per heavy atom. The third-order valence-electron chi connectivity index (χ3n) is 2.62. The Balaban J connectivity index is 2.93. The molecule has 0 unspecified atom stereocenters. The molecule has 0 spiro atoms. The molecule has 1 aromatic rings. The highest BCUT2D eigenvalue weighted by Gasteiger charge is 2.29. The zero-order chi connectivity index (χ0) is 13.6. The van der Waals surface area contributed by atoms with E-state index in [0.717, 1.165) is 0 Å². The summed E-state index contributed by atoms with van der Waals surface area (Å²) in [5.41, 5.74) is -0.593. The van der Waals surface area contributed by atoms with E-state index in [0.29, 0.717) is 17.7 Å².